The second-order valence-corrected chi connectivity index (χ2v) is 5.30. The van der Waals surface area contributed by atoms with Crippen molar-refractivity contribution < 1.29 is 9.53 Å². The summed E-state index contributed by atoms with van der Waals surface area (Å²) >= 11 is 0. The Kier molecular flexibility index (Phi) is 4.79. The van der Waals surface area contributed by atoms with Gasteiger partial charge in [0.05, 0.1) is 0 Å². The molecule has 0 aliphatic heterocycles. The van der Waals surface area contributed by atoms with E-state index in [1.165, 1.54) is 5.56 Å². The highest BCUT2D eigenvalue weighted by Gasteiger charge is 2.08. The number of likely N-dealkylation sites (N-methyl/N-ethyl adjacent to an activating group) is 1. The Balaban J connectivity index is 2.18. The zero-order chi connectivity index (χ0) is 14.5. The molecule has 108 valence electrons. The quantitative estimate of drug-likeness (QED) is 0.650. The normalized spacial score (nSPS) is 11.2. The molecule has 1 aromatic carbocycles. The molecular formula is C16H22N2O2. The van der Waals surface area contributed by atoms with Crippen LogP contribution in [-0.2, 0) is 11.2 Å². The minimum atomic E-state index is -0.169. The van der Waals surface area contributed by atoms with Crippen molar-refractivity contribution >= 4 is 16.9 Å². The van der Waals surface area contributed by atoms with E-state index in [1.807, 2.05) is 31.3 Å². The van der Waals surface area contributed by atoms with Crippen molar-refractivity contribution in [2.75, 3.05) is 20.6 Å². The Labute approximate surface area is 119 Å². The summed E-state index contributed by atoms with van der Waals surface area (Å²) in [4.78, 5) is 17.0. The van der Waals surface area contributed by atoms with Gasteiger partial charge in [-0.05, 0) is 50.7 Å². The lowest BCUT2D eigenvalue weighted by Gasteiger charge is -2.08. The third-order valence-electron chi connectivity index (χ3n) is 3.25. The molecular weight excluding hydrogens is 252 g/mol. The van der Waals surface area contributed by atoms with E-state index in [1.54, 1.807) is 0 Å². The zero-order valence-electron chi connectivity index (χ0n) is 12.4. The predicted molar refractivity (Wildman–Crippen MR) is 81.1 cm³/mol. The fraction of sp³-hybridized carbons (Fsp3) is 0.438. The summed E-state index contributed by atoms with van der Waals surface area (Å²) in [5.74, 6) is 0.457. The summed E-state index contributed by atoms with van der Waals surface area (Å²) in [6.07, 6.45) is 4.27. The summed E-state index contributed by atoms with van der Waals surface area (Å²) in [6.45, 7) is 2.96. The number of nitrogens with one attached hydrogen (secondary N) is 1. The second-order valence-electron chi connectivity index (χ2n) is 5.30. The van der Waals surface area contributed by atoms with Gasteiger partial charge in [-0.1, -0.05) is 6.92 Å². The molecule has 0 aliphatic carbocycles. The summed E-state index contributed by atoms with van der Waals surface area (Å²) < 4.78 is 5.35. The lowest BCUT2D eigenvalue weighted by molar-refractivity contribution is -0.134. The summed E-state index contributed by atoms with van der Waals surface area (Å²) in [5, 5.41) is 1.13. The SMILES string of the molecule is CCCC(=O)Oc1ccc2[nH]cc(CCN(C)C)c2c1. The number of aromatic nitrogens is 1. The number of hydrogen-bond donors (Lipinski definition) is 1. The van der Waals surface area contributed by atoms with Crippen LogP contribution in [0.1, 0.15) is 25.3 Å². The Hall–Kier alpha value is -1.81. The number of aromatic amines is 1. The first-order valence-electron chi connectivity index (χ1n) is 7.05. The van der Waals surface area contributed by atoms with Crippen molar-refractivity contribution in [3.8, 4) is 5.75 Å². The van der Waals surface area contributed by atoms with Gasteiger partial charge in [-0.3, -0.25) is 4.79 Å². The Morgan fingerprint density at radius 2 is 2.15 bits per heavy atom. The van der Waals surface area contributed by atoms with Gasteiger partial charge in [0.25, 0.3) is 0 Å². The maximum absolute atomic E-state index is 11.6. The van der Waals surface area contributed by atoms with Crippen molar-refractivity contribution in [2.24, 2.45) is 0 Å². The van der Waals surface area contributed by atoms with Gasteiger partial charge in [0.15, 0.2) is 0 Å². The Morgan fingerprint density at radius 3 is 2.85 bits per heavy atom. The fourth-order valence-corrected chi connectivity index (χ4v) is 2.16. The van der Waals surface area contributed by atoms with Gasteiger partial charge in [-0.15, -0.1) is 0 Å². The first-order chi connectivity index (χ1) is 9.60. The molecule has 0 fully saturated rings. The molecule has 2 rings (SSSR count). The first-order valence-corrected chi connectivity index (χ1v) is 7.05. The molecule has 1 aromatic heterocycles. The molecule has 0 saturated heterocycles. The van der Waals surface area contributed by atoms with Crippen molar-refractivity contribution in [1.82, 2.24) is 9.88 Å². The van der Waals surface area contributed by atoms with Gasteiger partial charge < -0.3 is 14.6 Å². The van der Waals surface area contributed by atoms with Gasteiger partial charge in [0, 0.05) is 30.1 Å². The Morgan fingerprint density at radius 1 is 1.35 bits per heavy atom. The zero-order valence-corrected chi connectivity index (χ0v) is 12.4. The molecule has 0 saturated carbocycles. The average Bonchev–Trinajstić information content (AvgIpc) is 2.79. The highest BCUT2D eigenvalue weighted by atomic mass is 16.5. The van der Waals surface area contributed by atoms with Gasteiger partial charge in [0.2, 0.25) is 0 Å². The van der Waals surface area contributed by atoms with E-state index in [2.05, 4.69) is 24.0 Å². The summed E-state index contributed by atoms with van der Waals surface area (Å²) in [6, 6.07) is 5.75. The number of rotatable bonds is 6. The van der Waals surface area contributed by atoms with Crippen LogP contribution < -0.4 is 4.74 Å². The predicted octanol–water partition coefficient (Wildman–Crippen LogP) is 2.98. The van der Waals surface area contributed by atoms with Crippen molar-refractivity contribution in [1.29, 1.82) is 0 Å². The third kappa shape index (κ3) is 3.61. The van der Waals surface area contributed by atoms with E-state index in [4.69, 9.17) is 4.74 Å². The molecule has 0 unspecified atom stereocenters. The number of nitrogens with zero attached hydrogens (tertiary/aromatic N) is 1. The average molecular weight is 274 g/mol. The molecule has 0 amide bonds. The summed E-state index contributed by atoms with van der Waals surface area (Å²) in [7, 11) is 4.12. The lowest BCUT2D eigenvalue weighted by atomic mass is 10.1. The van der Waals surface area contributed by atoms with Crippen LogP contribution in [0, 0.1) is 0 Å². The van der Waals surface area contributed by atoms with Gasteiger partial charge in [-0.2, -0.15) is 0 Å². The van der Waals surface area contributed by atoms with E-state index in [0.29, 0.717) is 12.2 Å². The highest BCUT2D eigenvalue weighted by Crippen LogP contribution is 2.24. The topological polar surface area (TPSA) is 45.3 Å². The minimum Gasteiger partial charge on any atom is -0.427 e. The molecule has 0 atom stereocenters. The second kappa shape index (κ2) is 6.57. The highest BCUT2D eigenvalue weighted by molar-refractivity contribution is 5.85. The number of H-pyrrole nitrogens is 1. The van der Waals surface area contributed by atoms with Crippen LogP contribution in [0.2, 0.25) is 0 Å². The van der Waals surface area contributed by atoms with Gasteiger partial charge in [0.1, 0.15) is 5.75 Å². The third-order valence-corrected chi connectivity index (χ3v) is 3.25. The standard InChI is InChI=1S/C16H22N2O2/c1-4-5-16(19)20-13-6-7-15-14(10-13)12(11-17-15)8-9-18(2)3/h6-7,10-11,17H,4-5,8-9H2,1-3H3. The summed E-state index contributed by atoms with van der Waals surface area (Å²) in [5.41, 5.74) is 2.33. The molecule has 0 aliphatic rings. The number of ether oxygens (including phenoxy) is 1. The Bertz CT molecular complexity index is 587. The molecule has 0 spiro atoms. The van der Waals surface area contributed by atoms with Crippen LogP contribution in [-0.4, -0.2) is 36.5 Å². The fourth-order valence-electron chi connectivity index (χ4n) is 2.16. The molecule has 1 N–H and O–H groups in total. The van der Waals surface area contributed by atoms with E-state index in [0.717, 1.165) is 30.3 Å². The molecule has 2 aromatic rings. The number of benzene rings is 1. The number of fused-ring (bicyclic) bond motifs is 1. The van der Waals surface area contributed by atoms with Crippen molar-refractivity contribution in [3.63, 3.8) is 0 Å². The largest absolute Gasteiger partial charge is 0.427 e. The van der Waals surface area contributed by atoms with E-state index in [-0.39, 0.29) is 5.97 Å². The van der Waals surface area contributed by atoms with E-state index in [9.17, 15) is 4.79 Å². The van der Waals surface area contributed by atoms with Crippen LogP contribution >= 0.6 is 0 Å². The maximum Gasteiger partial charge on any atom is 0.311 e. The van der Waals surface area contributed by atoms with Crippen LogP contribution in [0.4, 0.5) is 0 Å². The molecule has 1 heterocycles. The van der Waals surface area contributed by atoms with Crippen molar-refractivity contribution in [3.05, 3.63) is 30.0 Å². The van der Waals surface area contributed by atoms with E-state index >= 15 is 0 Å². The van der Waals surface area contributed by atoms with Crippen LogP contribution in [0.3, 0.4) is 0 Å². The van der Waals surface area contributed by atoms with Crippen LogP contribution in [0.5, 0.6) is 5.75 Å². The van der Waals surface area contributed by atoms with Crippen LogP contribution in [0.25, 0.3) is 10.9 Å². The molecule has 0 bridgehead atoms. The molecule has 0 radical (unpaired) electrons. The number of esters is 1. The van der Waals surface area contributed by atoms with E-state index < -0.39 is 0 Å². The maximum atomic E-state index is 11.6. The molecule has 20 heavy (non-hydrogen) atoms. The molecule has 4 nitrogen and oxygen atoms in total. The smallest absolute Gasteiger partial charge is 0.311 e. The van der Waals surface area contributed by atoms with Gasteiger partial charge >= 0.3 is 5.97 Å². The number of carbonyl (C=O) groups excluding carboxylic acids is 1. The first kappa shape index (κ1) is 14.6. The number of hydrogen-bond acceptors (Lipinski definition) is 3. The van der Waals surface area contributed by atoms with Crippen LogP contribution in [0.15, 0.2) is 24.4 Å². The number of carbonyl (C=O) groups is 1. The monoisotopic (exact) mass is 274 g/mol. The minimum absolute atomic E-state index is 0.169. The molecule has 4 heteroatoms. The lowest BCUT2D eigenvalue weighted by Crippen LogP contribution is -2.14. The van der Waals surface area contributed by atoms with Gasteiger partial charge in [-0.25, -0.2) is 0 Å². The van der Waals surface area contributed by atoms with Crippen molar-refractivity contribution in [2.45, 2.75) is 26.2 Å².